The Labute approximate surface area is 102 Å². The quantitative estimate of drug-likeness (QED) is 0.595. The van der Waals surface area contributed by atoms with Crippen molar-refractivity contribution in [2.75, 3.05) is 7.11 Å². The standard InChI is InChI=1S/C10H11N5O3/c1-3-7-11-4-5-14(7)9-8(15(16)17)10(18-2)13-6-12-9/h4-6H,3H2,1-2H3. The maximum Gasteiger partial charge on any atom is 0.373 e. The van der Waals surface area contributed by atoms with Crippen LogP contribution >= 0.6 is 0 Å². The Balaban J connectivity index is 2.67. The summed E-state index contributed by atoms with van der Waals surface area (Å²) in [5.41, 5.74) is -0.271. The van der Waals surface area contributed by atoms with E-state index in [9.17, 15) is 10.1 Å². The number of imidazole rings is 1. The lowest BCUT2D eigenvalue weighted by Crippen LogP contribution is -2.08. The van der Waals surface area contributed by atoms with Crippen molar-refractivity contribution in [3.05, 3.63) is 34.7 Å². The fourth-order valence-corrected chi connectivity index (χ4v) is 1.63. The zero-order valence-corrected chi connectivity index (χ0v) is 9.90. The minimum absolute atomic E-state index is 0.0687. The van der Waals surface area contributed by atoms with Crippen molar-refractivity contribution in [2.45, 2.75) is 13.3 Å². The number of aromatic nitrogens is 4. The highest BCUT2D eigenvalue weighted by molar-refractivity contribution is 5.54. The number of nitro groups is 1. The Morgan fingerprint density at radius 2 is 2.22 bits per heavy atom. The van der Waals surface area contributed by atoms with E-state index in [2.05, 4.69) is 15.0 Å². The van der Waals surface area contributed by atoms with E-state index in [0.29, 0.717) is 12.2 Å². The number of methoxy groups -OCH3 is 1. The van der Waals surface area contributed by atoms with Crippen molar-refractivity contribution in [1.82, 2.24) is 19.5 Å². The molecule has 2 heterocycles. The molecule has 0 N–H and O–H groups in total. The Morgan fingerprint density at radius 1 is 1.44 bits per heavy atom. The van der Waals surface area contributed by atoms with E-state index in [1.165, 1.54) is 13.4 Å². The zero-order valence-electron chi connectivity index (χ0n) is 9.90. The lowest BCUT2D eigenvalue weighted by atomic mass is 10.4. The van der Waals surface area contributed by atoms with E-state index >= 15 is 0 Å². The summed E-state index contributed by atoms with van der Waals surface area (Å²) in [6, 6.07) is 0. The number of ether oxygens (including phenoxy) is 1. The maximum absolute atomic E-state index is 11.1. The van der Waals surface area contributed by atoms with Gasteiger partial charge in [-0.05, 0) is 0 Å². The molecule has 0 bridgehead atoms. The van der Waals surface area contributed by atoms with E-state index in [0.717, 1.165) is 0 Å². The molecule has 18 heavy (non-hydrogen) atoms. The SMILES string of the molecule is CCc1nccn1-c1ncnc(OC)c1[N+](=O)[O-]. The summed E-state index contributed by atoms with van der Waals surface area (Å²) in [7, 11) is 1.33. The Bertz CT molecular complexity index is 581. The van der Waals surface area contributed by atoms with E-state index in [-0.39, 0.29) is 17.4 Å². The molecule has 0 saturated heterocycles. The van der Waals surface area contributed by atoms with Crippen LogP contribution in [0.25, 0.3) is 5.82 Å². The monoisotopic (exact) mass is 249 g/mol. The van der Waals surface area contributed by atoms with E-state index in [1.54, 1.807) is 17.0 Å². The molecule has 0 atom stereocenters. The van der Waals surface area contributed by atoms with Crippen molar-refractivity contribution < 1.29 is 9.66 Å². The molecule has 0 radical (unpaired) electrons. The second-order valence-corrected chi connectivity index (χ2v) is 3.38. The molecule has 2 aromatic heterocycles. The summed E-state index contributed by atoms with van der Waals surface area (Å²) < 4.78 is 6.45. The third-order valence-corrected chi connectivity index (χ3v) is 2.41. The molecule has 8 heteroatoms. The van der Waals surface area contributed by atoms with Crippen molar-refractivity contribution in [3.63, 3.8) is 0 Å². The van der Waals surface area contributed by atoms with Crippen molar-refractivity contribution in [2.24, 2.45) is 0 Å². The average Bonchev–Trinajstić information content (AvgIpc) is 2.85. The molecule has 0 aliphatic rings. The molecule has 94 valence electrons. The van der Waals surface area contributed by atoms with Crippen LogP contribution in [0.3, 0.4) is 0 Å². The Hall–Kier alpha value is -2.51. The van der Waals surface area contributed by atoms with Gasteiger partial charge >= 0.3 is 5.69 Å². The summed E-state index contributed by atoms with van der Waals surface area (Å²) in [6.07, 6.45) is 5.04. The highest BCUT2D eigenvalue weighted by Crippen LogP contribution is 2.29. The van der Waals surface area contributed by atoms with Crippen LogP contribution in [0.2, 0.25) is 0 Å². The van der Waals surface area contributed by atoms with Crippen LogP contribution in [0.1, 0.15) is 12.7 Å². The van der Waals surface area contributed by atoms with E-state index < -0.39 is 4.92 Å². The molecule has 0 spiro atoms. The van der Waals surface area contributed by atoms with Gasteiger partial charge < -0.3 is 4.74 Å². The molecule has 2 aromatic rings. The summed E-state index contributed by atoms with van der Waals surface area (Å²) in [4.78, 5) is 22.3. The number of nitrogens with zero attached hydrogens (tertiary/aromatic N) is 5. The minimum Gasteiger partial charge on any atom is -0.476 e. The van der Waals surface area contributed by atoms with Gasteiger partial charge in [0.05, 0.1) is 12.0 Å². The Kier molecular flexibility index (Phi) is 3.18. The molecular formula is C10H11N5O3. The van der Waals surface area contributed by atoms with Gasteiger partial charge in [-0.15, -0.1) is 0 Å². The largest absolute Gasteiger partial charge is 0.476 e. The highest BCUT2D eigenvalue weighted by Gasteiger charge is 2.25. The molecule has 0 saturated carbocycles. The fourth-order valence-electron chi connectivity index (χ4n) is 1.63. The van der Waals surface area contributed by atoms with Gasteiger partial charge in [-0.1, -0.05) is 6.92 Å². The van der Waals surface area contributed by atoms with Crippen molar-refractivity contribution in [1.29, 1.82) is 0 Å². The predicted molar refractivity (Wildman–Crippen MR) is 61.7 cm³/mol. The molecule has 0 fully saturated rings. The highest BCUT2D eigenvalue weighted by atomic mass is 16.6. The van der Waals surface area contributed by atoms with Crippen LogP contribution in [-0.2, 0) is 6.42 Å². The molecular weight excluding hydrogens is 238 g/mol. The normalized spacial score (nSPS) is 10.3. The predicted octanol–water partition coefficient (Wildman–Crippen LogP) is 1.14. The molecule has 0 aliphatic carbocycles. The minimum atomic E-state index is -0.562. The molecule has 0 aliphatic heterocycles. The first-order valence-corrected chi connectivity index (χ1v) is 5.25. The summed E-state index contributed by atoms with van der Waals surface area (Å²) >= 11 is 0. The van der Waals surface area contributed by atoms with Crippen LogP contribution in [-0.4, -0.2) is 31.6 Å². The zero-order chi connectivity index (χ0) is 13.1. The first-order chi connectivity index (χ1) is 8.69. The van der Waals surface area contributed by atoms with Gasteiger partial charge in [0.1, 0.15) is 12.2 Å². The fraction of sp³-hybridized carbons (Fsp3) is 0.300. The van der Waals surface area contributed by atoms with Gasteiger partial charge in [0, 0.05) is 18.8 Å². The van der Waals surface area contributed by atoms with Gasteiger partial charge in [0.25, 0.3) is 5.88 Å². The smallest absolute Gasteiger partial charge is 0.373 e. The third kappa shape index (κ3) is 1.88. The molecule has 0 unspecified atom stereocenters. The number of hydrogen-bond donors (Lipinski definition) is 0. The molecule has 0 amide bonds. The van der Waals surface area contributed by atoms with Crippen LogP contribution in [0.4, 0.5) is 5.69 Å². The second kappa shape index (κ2) is 4.78. The molecule has 8 nitrogen and oxygen atoms in total. The van der Waals surface area contributed by atoms with Crippen molar-refractivity contribution >= 4 is 5.69 Å². The van der Waals surface area contributed by atoms with Crippen LogP contribution in [0.5, 0.6) is 5.88 Å². The molecule has 0 aromatic carbocycles. The second-order valence-electron chi connectivity index (χ2n) is 3.38. The van der Waals surface area contributed by atoms with Crippen LogP contribution in [0.15, 0.2) is 18.7 Å². The van der Waals surface area contributed by atoms with Gasteiger partial charge in [-0.25, -0.2) is 9.97 Å². The summed E-state index contributed by atoms with van der Waals surface area (Å²) in [6.45, 7) is 1.91. The number of rotatable bonds is 4. The summed E-state index contributed by atoms with van der Waals surface area (Å²) in [5, 5.41) is 11.1. The third-order valence-electron chi connectivity index (χ3n) is 2.41. The van der Waals surface area contributed by atoms with E-state index in [4.69, 9.17) is 4.74 Å². The Morgan fingerprint density at radius 3 is 2.83 bits per heavy atom. The first-order valence-electron chi connectivity index (χ1n) is 5.25. The first kappa shape index (κ1) is 12.0. The molecule has 2 rings (SSSR count). The van der Waals surface area contributed by atoms with Crippen LogP contribution in [0, 0.1) is 10.1 Å². The maximum atomic E-state index is 11.1. The average molecular weight is 249 g/mol. The van der Waals surface area contributed by atoms with Gasteiger partial charge in [-0.2, -0.15) is 4.98 Å². The number of hydrogen-bond acceptors (Lipinski definition) is 6. The lowest BCUT2D eigenvalue weighted by Gasteiger charge is -2.07. The van der Waals surface area contributed by atoms with E-state index in [1.807, 2.05) is 6.92 Å². The topological polar surface area (TPSA) is 96.0 Å². The van der Waals surface area contributed by atoms with Gasteiger partial charge in [-0.3, -0.25) is 14.7 Å². The van der Waals surface area contributed by atoms with Crippen LogP contribution < -0.4 is 4.74 Å². The van der Waals surface area contributed by atoms with Crippen molar-refractivity contribution in [3.8, 4) is 11.7 Å². The van der Waals surface area contributed by atoms with Gasteiger partial charge in [0.15, 0.2) is 0 Å². The van der Waals surface area contributed by atoms with Gasteiger partial charge in [0.2, 0.25) is 5.82 Å². The lowest BCUT2D eigenvalue weighted by molar-refractivity contribution is -0.386. The number of aryl methyl sites for hydroxylation is 1. The summed E-state index contributed by atoms with van der Waals surface area (Å²) in [5.74, 6) is 0.765.